The van der Waals surface area contributed by atoms with Crippen molar-refractivity contribution in [2.24, 2.45) is 0 Å². The van der Waals surface area contributed by atoms with Crippen molar-refractivity contribution in [2.75, 3.05) is 0 Å². The molecular formula is C15H10F6O. The van der Waals surface area contributed by atoms with Gasteiger partial charge < -0.3 is 4.74 Å². The summed E-state index contributed by atoms with van der Waals surface area (Å²) in [5.74, 6) is -2.93. The molecule has 0 amide bonds. The van der Waals surface area contributed by atoms with Crippen LogP contribution in [0.2, 0.25) is 0 Å². The molecule has 0 aliphatic carbocycles. The number of benzene rings is 2. The molecule has 1 nitrogen and oxygen atoms in total. The van der Waals surface area contributed by atoms with Crippen molar-refractivity contribution in [2.45, 2.75) is 18.3 Å². The van der Waals surface area contributed by atoms with Crippen molar-refractivity contribution in [1.82, 2.24) is 0 Å². The summed E-state index contributed by atoms with van der Waals surface area (Å²) in [5, 5.41) is 0. The van der Waals surface area contributed by atoms with E-state index in [0.29, 0.717) is 5.75 Å². The van der Waals surface area contributed by atoms with Crippen LogP contribution in [0.3, 0.4) is 0 Å². The number of halogens is 6. The summed E-state index contributed by atoms with van der Waals surface area (Å²) in [6.45, 7) is 0. The van der Waals surface area contributed by atoms with E-state index in [-0.39, 0.29) is 5.75 Å². The molecule has 0 heterocycles. The normalized spacial score (nSPS) is 12.5. The Morgan fingerprint density at radius 2 is 1.09 bits per heavy atom. The zero-order chi connectivity index (χ0) is 16.4. The molecule has 0 radical (unpaired) electrons. The second-order valence-corrected chi connectivity index (χ2v) is 4.50. The average Bonchev–Trinajstić information content (AvgIpc) is 2.39. The Morgan fingerprint density at radius 1 is 0.636 bits per heavy atom. The van der Waals surface area contributed by atoms with Gasteiger partial charge in [-0.1, -0.05) is 30.3 Å². The van der Waals surface area contributed by atoms with Gasteiger partial charge in [-0.25, -0.2) is 0 Å². The van der Waals surface area contributed by atoms with E-state index < -0.39 is 23.8 Å². The molecule has 2 aromatic carbocycles. The Bertz CT molecular complexity index is 587. The first-order valence-electron chi connectivity index (χ1n) is 6.14. The van der Waals surface area contributed by atoms with E-state index in [0.717, 1.165) is 24.3 Å². The first-order valence-corrected chi connectivity index (χ1v) is 6.14. The van der Waals surface area contributed by atoms with Crippen LogP contribution in [0.4, 0.5) is 26.3 Å². The number of ether oxygens (including phenoxy) is 1. The standard InChI is InChI=1S/C15H10F6O/c16-14(17,18)13(15(19,20)21)10-6-8-12(9-7-10)22-11-4-2-1-3-5-11/h1-9,13H. The van der Waals surface area contributed by atoms with E-state index in [1.54, 1.807) is 30.3 Å². The minimum absolute atomic E-state index is 0.151. The van der Waals surface area contributed by atoms with Gasteiger partial charge in [0.2, 0.25) is 0 Å². The van der Waals surface area contributed by atoms with Crippen LogP contribution in [0.15, 0.2) is 54.6 Å². The number of hydrogen-bond donors (Lipinski definition) is 0. The summed E-state index contributed by atoms with van der Waals surface area (Å²) in [6.07, 6.45) is -10.8. The van der Waals surface area contributed by atoms with Gasteiger partial charge in [-0.05, 0) is 29.8 Å². The van der Waals surface area contributed by atoms with Gasteiger partial charge in [0.25, 0.3) is 0 Å². The monoisotopic (exact) mass is 320 g/mol. The molecule has 0 aromatic heterocycles. The van der Waals surface area contributed by atoms with E-state index >= 15 is 0 Å². The lowest BCUT2D eigenvalue weighted by Crippen LogP contribution is -2.34. The molecular weight excluding hydrogens is 310 g/mol. The van der Waals surface area contributed by atoms with E-state index in [2.05, 4.69) is 0 Å². The smallest absolute Gasteiger partial charge is 0.404 e. The highest BCUT2D eigenvalue weighted by Gasteiger charge is 2.57. The summed E-state index contributed by atoms with van der Waals surface area (Å²) >= 11 is 0. The Morgan fingerprint density at radius 3 is 1.55 bits per heavy atom. The molecule has 0 fully saturated rings. The largest absolute Gasteiger partial charge is 0.457 e. The highest BCUT2D eigenvalue weighted by atomic mass is 19.4. The van der Waals surface area contributed by atoms with Gasteiger partial charge in [-0.2, -0.15) is 26.3 Å². The molecule has 118 valence electrons. The Kier molecular flexibility index (Phi) is 4.35. The third kappa shape index (κ3) is 3.93. The molecule has 0 bridgehead atoms. The topological polar surface area (TPSA) is 9.23 Å². The van der Waals surface area contributed by atoms with Gasteiger partial charge in [-0.15, -0.1) is 0 Å². The first-order chi connectivity index (χ1) is 10.2. The summed E-state index contributed by atoms with van der Waals surface area (Å²) in [4.78, 5) is 0. The lowest BCUT2D eigenvalue weighted by atomic mass is 9.98. The van der Waals surface area contributed by atoms with Crippen LogP contribution in [0.5, 0.6) is 11.5 Å². The molecule has 0 unspecified atom stereocenters. The minimum Gasteiger partial charge on any atom is -0.457 e. The molecule has 0 spiro atoms. The maximum absolute atomic E-state index is 12.6. The SMILES string of the molecule is FC(F)(F)C(c1ccc(Oc2ccccc2)cc1)C(F)(F)F. The highest BCUT2D eigenvalue weighted by Crippen LogP contribution is 2.46. The Balaban J connectivity index is 2.24. The van der Waals surface area contributed by atoms with E-state index in [9.17, 15) is 26.3 Å². The molecule has 0 atom stereocenters. The zero-order valence-electron chi connectivity index (χ0n) is 10.9. The van der Waals surface area contributed by atoms with Crippen LogP contribution in [0.1, 0.15) is 11.5 Å². The Hall–Kier alpha value is -2.18. The summed E-state index contributed by atoms with van der Waals surface area (Å²) in [5.41, 5.74) is -0.875. The second-order valence-electron chi connectivity index (χ2n) is 4.50. The van der Waals surface area contributed by atoms with Crippen molar-refractivity contribution in [3.63, 3.8) is 0 Å². The number of rotatable bonds is 3. The van der Waals surface area contributed by atoms with Crippen molar-refractivity contribution in [3.05, 3.63) is 60.2 Å². The maximum Gasteiger partial charge on any atom is 0.404 e. The van der Waals surface area contributed by atoms with Crippen LogP contribution in [-0.2, 0) is 0 Å². The highest BCUT2D eigenvalue weighted by molar-refractivity contribution is 5.35. The molecule has 22 heavy (non-hydrogen) atoms. The molecule has 0 aliphatic heterocycles. The quantitative estimate of drug-likeness (QED) is 0.660. The van der Waals surface area contributed by atoms with Crippen LogP contribution in [0, 0.1) is 0 Å². The average molecular weight is 320 g/mol. The van der Waals surface area contributed by atoms with Crippen molar-refractivity contribution in [3.8, 4) is 11.5 Å². The van der Waals surface area contributed by atoms with Crippen molar-refractivity contribution < 1.29 is 31.1 Å². The van der Waals surface area contributed by atoms with Crippen molar-refractivity contribution >= 4 is 0 Å². The fourth-order valence-electron chi connectivity index (χ4n) is 1.92. The van der Waals surface area contributed by atoms with Crippen LogP contribution in [0.25, 0.3) is 0 Å². The van der Waals surface area contributed by atoms with Gasteiger partial charge in [0.15, 0.2) is 5.92 Å². The molecule has 0 saturated carbocycles. The molecule has 7 heteroatoms. The lowest BCUT2D eigenvalue weighted by molar-refractivity contribution is -0.253. The third-order valence-electron chi connectivity index (χ3n) is 2.85. The fraction of sp³-hybridized carbons (Fsp3) is 0.200. The van der Waals surface area contributed by atoms with Gasteiger partial charge >= 0.3 is 12.4 Å². The van der Waals surface area contributed by atoms with Crippen molar-refractivity contribution in [1.29, 1.82) is 0 Å². The predicted octanol–water partition coefficient (Wildman–Crippen LogP) is 5.69. The zero-order valence-corrected chi connectivity index (χ0v) is 10.9. The summed E-state index contributed by atoms with van der Waals surface area (Å²) in [7, 11) is 0. The summed E-state index contributed by atoms with van der Waals surface area (Å²) in [6, 6.07) is 12.0. The molecule has 2 aromatic rings. The number of alkyl halides is 6. The first kappa shape index (κ1) is 16.2. The van der Waals surface area contributed by atoms with Gasteiger partial charge in [0.1, 0.15) is 11.5 Å². The van der Waals surface area contributed by atoms with Gasteiger partial charge in [0.05, 0.1) is 0 Å². The van der Waals surface area contributed by atoms with E-state index in [4.69, 9.17) is 4.74 Å². The van der Waals surface area contributed by atoms with Crippen LogP contribution < -0.4 is 4.74 Å². The van der Waals surface area contributed by atoms with Gasteiger partial charge in [-0.3, -0.25) is 0 Å². The number of para-hydroxylation sites is 1. The predicted molar refractivity (Wildman–Crippen MR) is 67.8 cm³/mol. The Labute approximate surface area is 122 Å². The van der Waals surface area contributed by atoms with E-state index in [1.807, 2.05) is 0 Å². The molecule has 2 rings (SSSR count). The molecule has 0 saturated heterocycles. The van der Waals surface area contributed by atoms with Gasteiger partial charge in [0, 0.05) is 0 Å². The second kappa shape index (κ2) is 5.90. The summed E-state index contributed by atoms with van der Waals surface area (Å²) < 4.78 is 80.9. The van der Waals surface area contributed by atoms with Crippen LogP contribution >= 0.6 is 0 Å². The maximum atomic E-state index is 12.6. The molecule has 0 N–H and O–H groups in total. The van der Waals surface area contributed by atoms with Crippen LogP contribution in [-0.4, -0.2) is 12.4 Å². The fourth-order valence-corrected chi connectivity index (χ4v) is 1.92. The number of hydrogen-bond acceptors (Lipinski definition) is 1. The minimum atomic E-state index is -5.40. The molecule has 0 aliphatic rings. The third-order valence-corrected chi connectivity index (χ3v) is 2.85. The van der Waals surface area contributed by atoms with E-state index in [1.165, 1.54) is 0 Å². The lowest BCUT2D eigenvalue weighted by Gasteiger charge is -2.23.